The maximum atomic E-state index is 13.9. The molecule has 0 radical (unpaired) electrons. The molecule has 0 spiro atoms. The van der Waals surface area contributed by atoms with Gasteiger partial charge >= 0.3 is 0 Å². The first-order chi connectivity index (χ1) is 22.4. The zero-order valence-corrected chi connectivity index (χ0v) is 25.5. The number of carbonyl (C=O) groups excluding carboxylic acids is 2. The first kappa shape index (κ1) is 29.7. The van der Waals surface area contributed by atoms with Crippen molar-refractivity contribution in [1.29, 1.82) is 0 Å². The topological polar surface area (TPSA) is 135 Å². The highest BCUT2D eigenvalue weighted by Gasteiger charge is 2.32. The highest BCUT2D eigenvalue weighted by molar-refractivity contribution is 5.94. The lowest BCUT2D eigenvalue weighted by Crippen LogP contribution is -2.50. The quantitative estimate of drug-likeness (QED) is 0.265. The second-order valence-corrected chi connectivity index (χ2v) is 11.9. The van der Waals surface area contributed by atoms with Crippen molar-refractivity contribution in [2.45, 2.75) is 51.1 Å². The zero-order valence-electron chi connectivity index (χ0n) is 25.5. The lowest BCUT2D eigenvalue weighted by molar-refractivity contribution is -0.114. The van der Waals surface area contributed by atoms with Crippen LogP contribution in [-0.2, 0) is 4.79 Å². The van der Waals surface area contributed by atoms with Crippen LogP contribution in [0.4, 0.5) is 10.1 Å². The van der Waals surface area contributed by atoms with Crippen molar-refractivity contribution < 1.29 is 18.4 Å². The normalized spacial score (nSPS) is 16.9. The Hall–Kier alpha value is -5.04. The van der Waals surface area contributed by atoms with Gasteiger partial charge in [0.25, 0.3) is 5.91 Å². The fraction of sp³-hybridized carbons (Fsp3) is 0.364. The van der Waals surface area contributed by atoms with Gasteiger partial charge in [-0.3, -0.25) is 19.5 Å². The van der Waals surface area contributed by atoms with Gasteiger partial charge in [-0.05, 0) is 66.1 Å². The summed E-state index contributed by atoms with van der Waals surface area (Å²) in [4.78, 5) is 39.7. The van der Waals surface area contributed by atoms with E-state index in [0.29, 0.717) is 65.9 Å². The number of nitrogens with zero attached hydrogens (tertiary/aromatic N) is 8. The third-order valence-electron chi connectivity index (χ3n) is 8.68. The Labute approximate surface area is 264 Å². The molecule has 1 aliphatic carbocycles. The molecule has 46 heavy (non-hydrogen) atoms. The van der Waals surface area contributed by atoms with Crippen LogP contribution in [0.15, 0.2) is 65.2 Å². The van der Waals surface area contributed by atoms with Gasteiger partial charge in [0.2, 0.25) is 11.8 Å². The third kappa shape index (κ3) is 6.23. The number of pyridine rings is 1. The first-order valence-electron chi connectivity index (χ1n) is 15.6. The van der Waals surface area contributed by atoms with Crippen LogP contribution in [0.1, 0.15) is 73.0 Å². The number of hydrogen-bond acceptors (Lipinski definition) is 9. The maximum absolute atomic E-state index is 13.9. The molecule has 1 saturated heterocycles. The fourth-order valence-corrected chi connectivity index (χ4v) is 6.34. The van der Waals surface area contributed by atoms with Gasteiger partial charge < -0.3 is 14.6 Å². The van der Waals surface area contributed by atoms with E-state index in [9.17, 15) is 14.0 Å². The third-order valence-corrected chi connectivity index (χ3v) is 8.68. The van der Waals surface area contributed by atoms with Gasteiger partial charge in [0, 0.05) is 50.6 Å². The average molecular weight is 624 g/mol. The van der Waals surface area contributed by atoms with Crippen molar-refractivity contribution in [3.05, 3.63) is 83.7 Å². The Morgan fingerprint density at radius 1 is 0.978 bits per heavy atom. The number of carbonyl (C=O) groups is 2. The molecule has 13 heteroatoms. The van der Waals surface area contributed by atoms with Gasteiger partial charge in [-0.25, -0.2) is 9.37 Å². The van der Waals surface area contributed by atoms with E-state index in [1.165, 1.54) is 25.5 Å². The molecule has 3 aromatic heterocycles. The van der Waals surface area contributed by atoms with Crippen molar-refractivity contribution >= 4 is 28.6 Å². The fourth-order valence-electron chi connectivity index (χ4n) is 6.34. The molecule has 2 amide bonds. The summed E-state index contributed by atoms with van der Waals surface area (Å²) in [7, 11) is 0. The molecule has 1 unspecified atom stereocenters. The summed E-state index contributed by atoms with van der Waals surface area (Å²) in [5.41, 5.74) is 3.56. The highest BCUT2D eigenvalue weighted by atomic mass is 19.1. The van der Waals surface area contributed by atoms with Crippen molar-refractivity contribution in [1.82, 2.24) is 40.0 Å². The van der Waals surface area contributed by atoms with Gasteiger partial charge in [0.1, 0.15) is 17.0 Å². The van der Waals surface area contributed by atoms with Crippen molar-refractivity contribution in [3.63, 3.8) is 0 Å². The number of rotatable bonds is 7. The Morgan fingerprint density at radius 3 is 2.52 bits per heavy atom. The van der Waals surface area contributed by atoms with Gasteiger partial charge in [0.15, 0.2) is 11.4 Å². The predicted molar refractivity (Wildman–Crippen MR) is 167 cm³/mol. The van der Waals surface area contributed by atoms with E-state index in [1.807, 2.05) is 0 Å². The molecule has 2 aromatic carbocycles. The molecule has 1 N–H and O–H groups in total. The Kier molecular flexibility index (Phi) is 8.22. The molecule has 12 nitrogen and oxygen atoms in total. The predicted octanol–water partition coefficient (Wildman–Crippen LogP) is 5.03. The minimum absolute atomic E-state index is 0.175. The number of benzene rings is 2. The number of nitrogens with one attached hydrogen (secondary N) is 1. The Morgan fingerprint density at radius 2 is 1.76 bits per heavy atom. The lowest BCUT2D eigenvalue weighted by atomic mass is 9.96. The second-order valence-electron chi connectivity index (χ2n) is 11.9. The molecule has 2 aliphatic rings. The van der Waals surface area contributed by atoms with Crippen LogP contribution in [-0.4, -0.2) is 78.0 Å². The summed E-state index contributed by atoms with van der Waals surface area (Å²) in [6.45, 7) is 3.50. The van der Waals surface area contributed by atoms with Gasteiger partial charge in [-0.1, -0.05) is 31.4 Å². The summed E-state index contributed by atoms with van der Waals surface area (Å²) in [5.74, 6) is 0.261. The van der Waals surface area contributed by atoms with E-state index < -0.39 is 0 Å². The number of amides is 2. The minimum Gasteiger partial charge on any atom is -0.436 e. The average Bonchev–Trinajstić information content (AvgIpc) is 3.74. The largest absolute Gasteiger partial charge is 0.436 e. The molecular formula is C33H34FN9O3. The highest BCUT2D eigenvalue weighted by Crippen LogP contribution is 2.31. The van der Waals surface area contributed by atoms with Crippen LogP contribution < -0.4 is 5.32 Å². The van der Waals surface area contributed by atoms with Crippen LogP contribution in [0.3, 0.4) is 0 Å². The van der Waals surface area contributed by atoms with Crippen LogP contribution in [0.5, 0.6) is 0 Å². The first-order valence-corrected chi connectivity index (χ1v) is 15.6. The summed E-state index contributed by atoms with van der Waals surface area (Å²) in [6, 6.07) is 15.0. The van der Waals surface area contributed by atoms with Crippen LogP contribution >= 0.6 is 0 Å². The molecule has 0 bridgehead atoms. The van der Waals surface area contributed by atoms with Gasteiger partial charge in [-0.2, -0.15) is 4.80 Å². The lowest BCUT2D eigenvalue weighted by Gasteiger charge is -2.38. The number of aromatic nitrogens is 6. The molecule has 236 valence electrons. The minimum atomic E-state index is -0.318. The van der Waals surface area contributed by atoms with E-state index in [1.54, 1.807) is 58.4 Å². The van der Waals surface area contributed by atoms with E-state index in [-0.39, 0.29) is 29.7 Å². The number of tetrazole rings is 1. The van der Waals surface area contributed by atoms with E-state index in [4.69, 9.17) is 9.52 Å². The molecule has 1 atom stereocenters. The summed E-state index contributed by atoms with van der Waals surface area (Å²) >= 11 is 0. The number of halogens is 1. The molecule has 1 aliphatic heterocycles. The SMILES string of the molecule is CC(=O)Nc1ccc2oc(-c3ccnc(C(=O)N4CCN(C(c5ccc(F)cc5)c5nnn(C6CCCCC6)n5)CC4)c3)nc2c1. The standard InChI is InChI=1S/C33H34FN9O3/c1-21(44)36-25-11-12-29-27(20-25)37-32(46-29)23-13-14-35-28(19-23)33(45)42-17-15-41(16-18-42)30(22-7-9-24(34)10-8-22)31-38-40-43(39-31)26-5-3-2-4-6-26/h7-14,19-20,26,30H,2-6,15-18H2,1H3,(H,36,44). The van der Waals surface area contributed by atoms with Crippen LogP contribution in [0.25, 0.3) is 22.6 Å². The molecule has 2 fully saturated rings. The van der Waals surface area contributed by atoms with E-state index in [2.05, 4.69) is 30.5 Å². The number of piperazine rings is 1. The van der Waals surface area contributed by atoms with Crippen LogP contribution in [0.2, 0.25) is 0 Å². The molecule has 4 heterocycles. The zero-order chi connectivity index (χ0) is 31.6. The monoisotopic (exact) mass is 623 g/mol. The van der Waals surface area contributed by atoms with Crippen LogP contribution in [0, 0.1) is 5.82 Å². The Bertz CT molecular complexity index is 1860. The molecule has 5 aromatic rings. The Balaban J connectivity index is 1.07. The van der Waals surface area contributed by atoms with Crippen molar-refractivity contribution in [2.24, 2.45) is 0 Å². The van der Waals surface area contributed by atoms with Gasteiger partial charge in [-0.15, -0.1) is 10.2 Å². The summed E-state index contributed by atoms with van der Waals surface area (Å²) in [5, 5.41) is 16.4. The summed E-state index contributed by atoms with van der Waals surface area (Å²) < 4.78 is 19.8. The second kappa shape index (κ2) is 12.8. The molecule has 7 rings (SSSR count). The van der Waals surface area contributed by atoms with E-state index >= 15 is 0 Å². The molecule has 1 saturated carbocycles. The number of anilines is 1. The maximum Gasteiger partial charge on any atom is 0.272 e. The van der Waals surface area contributed by atoms with Gasteiger partial charge in [0.05, 0.1) is 12.1 Å². The number of oxazole rings is 1. The number of hydrogen-bond donors (Lipinski definition) is 1. The van der Waals surface area contributed by atoms with E-state index in [0.717, 1.165) is 31.2 Å². The smallest absolute Gasteiger partial charge is 0.272 e. The summed E-state index contributed by atoms with van der Waals surface area (Å²) in [6.07, 6.45) is 7.20. The van der Waals surface area contributed by atoms with Crippen molar-refractivity contribution in [3.8, 4) is 11.5 Å². The molecular weight excluding hydrogens is 589 g/mol. The number of fused-ring (bicyclic) bond motifs is 1. The van der Waals surface area contributed by atoms with Crippen molar-refractivity contribution in [2.75, 3.05) is 31.5 Å².